The molecule has 0 fully saturated rings. The minimum Gasteiger partial charge on any atom is -0.435 e. The van der Waals surface area contributed by atoms with Gasteiger partial charge in [0.25, 0.3) is 0 Å². The predicted molar refractivity (Wildman–Crippen MR) is 113 cm³/mol. The van der Waals surface area contributed by atoms with Gasteiger partial charge in [0.05, 0.1) is 18.2 Å². The lowest BCUT2D eigenvalue weighted by Crippen LogP contribution is -2.39. The summed E-state index contributed by atoms with van der Waals surface area (Å²) in [6, 6.07) is 5.39. The van der Waals surface area contributed by atoms with E-state index in [2.05, 4.69) is 20.4 Å². The number of alkyl halides is 2. The smallest absolute Gasteiger partial charge is 0.387 e. The van der Waals surface area contributed by atoms with Crippen LogP contribution in [0.1, 0.15) is 24.2 Å². The molecule has 172 valence electrons. The molecule has 12 heteroatoms. The Balaban J connectivity index is 0.00000480. The molecule has 0 heterocycles. The molecule has 1 atom stereocenters. The maximum atomic E-state index is 13.7. The zero-order chi connectivity index (χ0) is 22.3. The van der Waals surface area contributed by atoms with Crippen LogP contribution in [-0.4, -0.2) is 30.8 Å². The molecule has 5 nitrogen and oxygen atoms in total. The van der Waals surface area contributed by atoms with Crippen LogP contribution in [0.5, 0.6) is 5.75 Å². The van der Waals surface area contributed by atoms with Crippen LogP contribution in [0.25, 0.3) is 0 Å². The third-order valence-electron chi connectivity index (χ3n) is 3.90. The lowest BCUT2D eigenvalue weighted by molar-refractivity contribution is -0.0498. The molecule has 2 aromatic carbocycles. The molecule has 0 radical (unpaired) electrons. The van der Waals surface area contributed by atoms with Crippen LogP contribution in [0.3, 0.4) is 0 Å². The first-order valence-corrected chi connectivity index (χ1v) is 8.79. The summed E-state index contributed by atoms with van der Waals surface area (Å²) < 4.78 is 82.6. The first-order chi connectivity index (χ1) is 14.2. The van der Waals surface area contributed by atoms with E-state index in [-0.39, 0.29) is 48.3 Å². The van der Waals surface area contributed by atoms with Crippen molar-refractivity contribution in [3.05, 3.63) is 64.7 Å². The zero-order valence-corrected chi connectivity index (χ0v) is 18.5. The van der Waals surface area contributed by atoms with Crippen LogP contribution in [0.2, 0.25) is 0 Å². The molecule has 0 bridgehead atoms. The highest BCUT2D eigenvalue weighted by molar-refractivity contribution is 14.0. The highest BCUT2D eigenvalue weighted by Gasteiger charge is 2.19. The van der Waals surface area contributed by atoms with Gasteiger partial charge in [-0.25, -0.2) is 22.6 Å². The fraction of sp³-hybridized carbons (Fsp3) is 0.316. The number of hydrogen-bond donors (Lipinski definition) is 3. The van der Waals surface area contributed by atoms with E-state index >= 15 is 0 Å². The van der Waals surface area contributed by atoms with E-state index in [1.165, 1.54) is 24.3 Å². The van der Waals surface area contributed by atoms with E-state index in [1.807, 2.05) is 0 Å². The minimum absolute atomic E-state index is 0. The lowest BCUT2D eigenvalue weighted by Gasteiger charge is -2.16. The van der Waals surface area contributed by atoms with Gasteiger partial charge in [-0.15, -0.1) is 24.0 Å². The largest absolute Gasteiger partial charge is 0.435 e. The molecule has 0 aliphatic carbocycles. The Hall–Kier alpha value is -2.22. The van der Waals surface area contributed by atoms with Gasteiger partial charge < -0.3 is 20.5 Å². The molecule has 0 amide bonds. The number of aliphatic hydroxyl groups is 1. The monoisotopic (exact) mass is 563 g/mol. The van der Waals surface area contributed by atoms with Gasteiger partial charge in [0.15, 0.2) is 29.2 Å². The summed E-state index contributed by atoms with van der Waals surface area (Å²) in [6.45, 7) is -1.72. The van der Waals surface area contributed by atoms with Gasteiger partial charge in [-0.1, -0.05) is 12.1 Å². The Morgan fingerprint density at radius 2 is 1.61 bits per heavy atom. The standard InChI is InChI=1S/C19H19F6N3O2.HI/c1-2-26-19(27-8-12-16(22)13(20)7-14(21)17(12)23)28-9-15(29)10-3-5-11(6-4-10)30-18(24)25;/h3-7,15,18,29H,2,8-9H2,1H3,(H2,26,27,28);1H. The van der Waals surface area contributed by atoms with E-state index in [0.717, 1.165) is 0 Å². The van der Waals surface area contributed by atoms with Crippen molar-refractivity contribution < 1.29 is 36.2 Å². The van der Waals surface area contributed by atoms with Crippen molar-refractivity contribution in [3.8, 4) is 5.75 Å². The number of nitrogens with zero attached hydrogens (tertiary/aromatic N) is 1. The van der Waals surface area contributed by atoms with Crippen LogP contribution < -0.4 is 15.4 Å². The quantitative estimate of drug-likeness (QED) is 0.148. The second-order valence-corrected chi connectivity index (χ2v) is 5.99. The summed E-state index contributed by atoms with van der Waals surface area (Å²) in [6.07, 6.45) is -1.09. The Bertz CT molecular complexity index is 858. The van der Waals surface area contributed by atoms with Crippen LogP contribution in [0.15, 0.2) is 35.3 Å². The normalized spacial score (nSPS) is 12.4. The summed E-state index contributed by atoms with van der Waals surface area (Å²) in [5, 5.41) is 15.7. The van der Waals surface area contributed by atoms with E-state index in [9.17, 15) is 31.4 Å². The lowest BCUT2D eigenvalue weighted by atomic mass is 10.1. The second-order valence-electron chi connectivity index (χ2n) is 5.99. The van der Waals surface area contributed by atoms with Crippen molar-refractivity contribution >= 4 is 29.9 Å². The fourth-order valence-electron chi connectivity index (χ4n) is 2.44. The first kappa shape index (κ1) is 26.8. The number of aliphatic imine (C=N–C) groups is 1. The van der Waals surface area contributed by atoms with Gasteiger partial charge in [-0.2, -0.15) is 8.78 Å². The third-order valence-corrected chi connectivity index (χ3v) is 3.90. The maximum absolute atomic E-state index is 13.7. The highest BCUT2D eigenvalue weighted by atomic mass is 127. The Morgan fingerprint density at radius 1 is 1.03 bits per heavy atom. The second kappa shape index (κ2) is 12.6. The molecule has 0 spiro atoms. The molecule has 0 aliphatic rings. The van der Waals surface area contributed by atoms with Crippen LogP contribution in [-0.2, 0) is 6.54 Å². The first-order valence-electron chi connectivity index (χ1n) is 8.79. The average Bonchev–Trinajstić information content (AvgIpc) is 2.70. The maximum Gasteiger partial charge on any atom is 0.387 e. The van der Waals surface area contributed by atoms with Gasteiger partial charge in [-0.3, -0.25) is 0 Å². The van der Waals surface area contributed by atoms with Gasteiger partial charge in [-0.05, 0) is 24.6 Å². The van der Waals surface area contributed by atoms with Crippen molar-refractivity contribution in [2.24, 2.45) is 4.99 Å². The molecule has 1 unspecified atom stereocenters. The molecule has 2 aromatic rings. The van der Waals surface area contributed by atoms with Gasteiger partial charge in [0.1, 0.15) is 5.75 Å². The number of benzene rings is 2. The molecule has 3 N–H and O–H groups in total. The number of aliphatic hydroxyl groups excluding tert-OH is 1. The molecular formula is C19H20F6IN3O2. The SMILES string of the molecule is CCNC(=NCc1c(F)c(F)cc(F)c1F)NCC(O)c1ccc(OC(F)F)cc1.I. The van der Waals surface area contributed by atoms with Crippen molar-refractivity contribution in [2.75, 3.05) is 13.1 Å². The van der Waals surface area contributed by atoms with Crippen molar-refractivity contribution in [1.29, 1.82) is 0 Å². The highest BCUT2D eigenvalue weighted by Crippen LogP contribution is 2.21. The van der Waals surface area contributed by atoms with E-state index in [1.54, 1.807) is 6.92 Å². The molecule has 0 saturated carbocycles. The van der Waals surface area contributed by atoms with Gasteiger partial charge in [0, 0.05) is 19.2 Å². The Kier molecular flexibility index (Phi) is 10.9. The van der Waals surface area contributed by atoms with E-state index in [4.69, 9.17) is 0 Å². The molecule has 0 saturated heterocycles. The molecule has 2 rings (SSSR count). The van der Waals surface area contributed by atoms with Crippen molar-refractivity contribution in [3.63, 3.8) is 0 Å². The average molecular weight is 563 g/mol. The summed E-state index contributed by atoms with van der Waals surface area (Å²) in [4.78, 5) is 3.87. The van der Waals surface area contributed by atoms with Crippen LogP contribution in [0, 0.1) is 23.3 Å². The molecule has 31 heavy (non-hydrogen) atoms. The van der Waals surface area contributed by atoms with Gasteiger partial charge >= 0.3 is 6.61 Å². The predicted octanol–water partition coefficient (Wildman–Crippen LogP) is 4.25. The number of hydrogen-bond acceptors (Lipinski definition) is 3. The third kappa shape index (κ3) is 7.76. The van der Waals surface area contributed by atoms with Crippen molar-refractivity contribution in [1.82, 2.24) is 10.6 Å². The summed E-state index contributed by atoms with van der Waals surface area (Å²) >= 11 is 0. The summed E-state index contributed by atoms with van der Waals surface area (Å²) in [7, 11) is 0. The topological polar surface area (TPSA) is 65.9 Å². The number of guanidine groups is 1. The Morgan fingerprint density at radius 3 is 2.13 bits per heavy atom. The number of ether oxygens (including phenoxy) is 1. The zero-order valence-electron chi connectivity index (χ0n) is 16.1. The van der Waals surface area contributed by atoms with Gasteiger partial charge in [0.2, 0.25) is 0 Å². The fourth-order valence-corrected chi connectivity index (χ4v) is 2.44. The van der Waals surface area contributed by atoms with E-state index in [0.29, 0.717) is 12.1 Å². The molecule has 0 aliphatic heterocycles. The Labute approximate surface area is 191 Å². The number of rotatable bonds is 8. The van der Waals surface area contributed by atoms with Crippen LogP contribution in [0.4, 0.5) is 26.3 Å². The van der Waals surface area contributed by atoms with Crippen LogP contribution >= 0.6 is 24.0 Å². The summed E-state index contributed by atoms with van der Waals surface area (Å²) in [5.41, 5.74) is -0.496. The van der Waals surface area contributed by atoms with Crippen molar-refractivity contribution in [2.45, 2.75) is 26.2 Å². The number of nitrogens with one attached hydrogen (secondary N) is 2. The molecule has 0 aromatic heterocycles. The minimum atomic E-state index is -2.97. The van der Waals surface area contributed by atoms with E-state index < -0.39 is 48.1 Å². The summed E-state index contributed by atoms with van der Waals surface area (Å²) in [5.74, 6) is -6.20. The number of halogens is 7. The molecular weight excluding hydrogens is 543 g/mol.